The van der Waals surface area contributed by atoms with Crippen molar-refractivity contribution in [1.29, 1.82) is 0 Å². The Hall–Kier alpha value is -2.39. The number of halogens is 5. The van der Waals surface area contributed by atoms with Crippen molar-refractivity contribution in [2.24, 2.45) is 0 Å². The predicted octanol–water partition coefficient (Wildman–Crippen LogP) is 6.85. The lowest BCUT2D eigenvalue weighted by molar-refractivity contribution is 0.395. The van der Waals surface area contributed by atoms with E-state index in [4.69, 9.17) is 29.0 Å². The molecule has 4 aromatic rings. The van der Waals surface area contributed by atoms with Crippen LogP contribution in [0.4, 0.5) is 8.78 Å². The molecule has 0 heterocycles. The number of ether oxygens (including phenoxy) is 4. The highest BCUT2D eigenvalue weighted by molar-refractivity contribution is 14.1. The Balaban J connectivity index is 0.000000224. The van der Waals surface area contributed by atoms with Gasteiger partial charge in [-0.2, -0.15) is 0 Å². The topological polar surface area (TPSA) is 77.4 Å². The minimum atomic E-state index is -1.55. The molecule has 0 amide bonds. The zero-order valence-corrected chi connectivity index (χ0v) is 27.3. The first kappa shape index (κ1) is 33.8. The molecule has 12 heteroatoms. The molecule has 0 fully saturated rings. The zero-order chi connectivity index (χ0) is 29.8. The minimum absolute atomic E-state index is 0.176. The maximum atomic E-state index is 14.0. The Morgan fingerprint density at radius 2 is 1.15 bits per heavy atom. The number of hydrogen-bond donors (Lipinski definition) is 2. The van der Waals surface area contributed by atoms with Crippen LogP contribution in [0.1, 0.15) is 0 Å². The molecule has 0 aliphatic carbocycles. The van der Waals surface area contributed by atoms with Gasteiger partial charge in [-0.15, -0.1) is 0 Å². The molecule has 0 unspecified atom stereocenters. The summed E-state index contributed by atoms with van der Waals surface area (Å²) in [4.78, 5) is 0. The summed E-state index contributed by atoms with van der Waals surface area (Å²) in [5, 5.41) is 18.0. The van der Waals surface area contributed by atoms with Gasteiger partial charge in [0.05, 0.1) is 28.4 Å². The van der Waals surface area contributed by atoms with E-state index in [-0.39, 0.29) is 11.6 Å². The molecule has 4 aromatic carbocycles. The second-order valence-corrected chi connectivity index (χ2v) is 10.7. The lowest BCUT2D eigenvalue weighted by atomic mass is 9.79. The molecule has 4 rings (SSSR count). The van der Waals surface area contributed by atoms with Gasteiger partial charge in [0.2, 0.25) is 0 Å². The average molecular weight is 794 g/mol. The fourth-order valence-electron chi connectivity index (χ4n) is 3.24. The molecule has 2 N–H and O–H groups in total. The molecule has 6 nitrogen and oxygen atoms in total. The highest BCUT2D eigenvalue weighted by Gasteiger charge is 2.17. The molecule has 0 spiro atoms. The summed E-state index contributed by atoms with van der Waals surface area (Å²) < 4.78 is 48.9. The first-order valence-electron chi connectivity index (χ1n) is 11.4. The molecule has 212 valence electrons. The van der Waals surface area contributed by atoms with Crippen LogP contribution in [0, 0.1) is 15.2 Å². The number of methoxy groups -OCH3 is 4. The molecular formula is C28H26BBr2F2IO6. The summed E-state index contributed by atoms with van der Waals surface area (Å²) >= 11 is 8.33. The van der Waals surface area contributed by atoms with Crippen LogP contribution in [0.25, 0.3) is 11.1 Å². The van der Waals surface area contributed by atoms with Crippen molar-refractivity contribution in [3.63, 3.8) is 0 Å². The van der Waals surface area contributed by atoms with Crippen LogP contribution in [0.2, 0.25) is 0 Å². The van der Waals surface area contributed by atoms with Crippen molar-refractivity contribution in [2.75, 3.05) is 28.4 Å². The van der Waals surface area contributed by atoms with Gasteiger partial charge in [0.25, 0.3) is 0 Å². The standard InChI is InChI=1S/C14H12BrFO2.C8H11BO4.C6H3BrFI/c1-17-10-4-6-14(18-2)12(8-10)11-5-3-9(15)7-13(11)16;1-12-6-3-4-8(13-2)7(5-6)9(10)11;7-4-1-2-6(9)5(8)3-4/h3-8H,1-2H3;3-5,10-11H,1-2H3;1-3H. The molecule has 0 aromatic heterocycles. The second kappa shape index (κ2) is 16.8. The molecule has 0 aliphatic heterocycles. The van der Waals surface area contributed by atoms with Crippen LogP contribution in [0.5, 0.6) is 23.0 Å². The van der Waals surface area contributed by atoms with Gasteiger partial charge in [0.15, 0.2) is 0 Å². The van der Waals surface area contributed by atoms with Gasteiger partial charge in [0.1, 0.15) is 34.6 Å². The van der Waals surface area contributed by atoms with Gasteiger partial charge in [-0.25, -0.2) is 8.78 Å². The van der Waals surface area contributed by atoms with E-state index in [9.17, 15) is 8.78 Å². The molecule has 0 saturated carbocycles. The van der Waals surface area contributed by atoms with Crippen molar-refractivity contribution in [1.82, 2.24) is 0 Å². The van der Waals surface area contributed by atoms with Crippen molar-refractivity contribution < 1.29 is 37.8 Å². The Labute approximate surface area is 262 Å². The van der Waals surface area contributed by atoms with Crippen LogP contribution in [-0.2, 0) is 0 Å². The van der Waals surface area contributed by atoms with Gasteiger partial charge in [-0.1, -0.05) is 37.9 Å². The summed E-state index contributed by atoms with van der Waals surface area (Å²) in [6.07, 6.45) is 0. The third kappa shape index (κ3) is 9.91. The minimum Gasteiger partial charge on any atom is -0.497 e. The maximum absolute atomic E-state index is 14.0. The van der Waals surface area contributed by atoms with Gasteiger partial charge in [-0.05, 0) is 89.3 Å². The normalized spacial score (nSPS) is 9.88. The molecular weight excluding hydrogens is 768 g/mol. The fraction of sp³-hybridized carbons (Fsp3) is 0.143. The molecule has 0 bridgehead atoms. The first-order chi connectivity index (χ1) is 19.0. The molecule has 40 heavy (non-hydrogen) atoms. The Morgan fingerprint density at radius 3 is 1.62 bits per heavy atom. The van der Waals surface area contributed by atoms with Crippen molar-refractivity contribution >= 4 is 67.0 Å². The van der Waals surface area contributed by atoms with E-state index in [1.165, 1.54) is 32.4 Å². The zero-order valence-electron chi connectivity index (χ0n) is 21.9. The smallest absolute Gasteiger partial charge is 0.492 e. The van der Waals surface area contributed by atoms with E-state index in [0.29, 0.717) is 47.6 Å². The van der Waals surface area contributed by atoms with E-state index in [1.807, 2.05) is 28.7 Å². The maximum Gasteiger partial charge on any atom is 0.492 e. The fourth-order valence-corrected chi connectivity index (χ4v) is 4.25. The first-order valence-corrected chi connectivity index (χ1v) is 14.1. The Morgan fingerprint density at radius 1 is 0.625 bits per heavy atom. The van der Waals surface area contributed by atoms with Crippen molar-refractivity contribution in [2.45, 2.75) is 0 Å². The van der Waals surface area contributed by atoms with Gasteiger partial charge >= 0.3 is 7.12 Å². The summed E-state index contributed by atoms with van der Waals surface area (Å²) in [5.74, 6) is 1.77. The predicted molar refractivity (Wildman–Crippen MR) is 169 cm³/mol. The second-order valence-electron chi connectivity index (χ2n) is 7.73. The van der Waals surface area contributed by atoms with Gasteiger partial charge in [0, 0.05) is 29.1 Å². The lowest BCUT2D eigenvalue weighted by Crippen LogP contribution is -2.31. The van der Waals surface area contributed by atoms with E-state index < -0.39 is 7.12 Å². The third-order valence-electron chi connectivity index (χ3n) is 5.22. The quantitative estimate of drug-likeness (QED) is 0.127. The van der Waals surface area contributed by atoms with Crippen LogP contribution >= 0.6 is 54.5 Å². The molecule has 0 saturated heterocycles. The number of benzene rings is 4. The number of hydrogen-bond acceptors (Lipinski definition) is 6. The molecule has 0 radical (unpaired) electrons. The van der Waals surface area contributed by atoms with Crippen LogP contribution < -0.4 is 24.4 Å². The van der Waals surface area contributed by atoms with Crippen LogP contribution in [0.15, 0.2) is 81.7 Å². The van der Waals surface area contributed by atoms with E-state index in [1.54, 1.807) is 62.8 Å². The monoisotopic (exact) mass is 792 g/mol. The molecule has 0 atom stereocenters. The highest BCUT2D eigenvalue weighted by atomic mass is 127. The summed E-state index contributed by atoms with van der Waals surface area (Å²) in [6.45, 7) is 0. The van der Waals surface area contributed by atoms with E-state index in [2.05, 4.69) is 31.9 Å². The number of rotatable bonds is 6. The molecule has 0 aliphatic rings. The SMILES string of the molecule is COc1ccc(OC)c(-c2ccc(Br)cc2F)c1.COc1ccc(OC)c(B(O)O)c1.Fc1cc(Br)ccc1I. The highest BCUT2D eigenvalue weighted by Crippen LogP contribution is 2.35. The Kier molecular flexibility index (Phi) is 14.2. The van der Waals surface area contributed by atoms with Crippen molar-refractivity contribution in [3.05, 3.63) is 96.9 Å². The van der Waals surface area contributed by atoms with Crippen LogP contribution in [-0.4, -0.2) is 45.6 Å². The summed E-state index contributed by atoms with van der Waals surface area (Å²) in [6, 6.07) is 20.0. The van der Waals surface area contributed by atoms with Crippen LogP contribution in [0.3, 0.4) is 0 Å². The largest absolute Gasteiger partial charge is 0.497 e. The summed E-state index contributed by atoms with van der Waals surface area (Å²) in [5.41, 5.74) is 1.44. The van der Waals surface area contributed by atoms with E-state index >= 15 is 0 Å². The van der Waals surface area contributed by atoms with Gasteiger partial charge < -0.3 is 29.0 Å². The van der Waals surface area contributed by atoms with Gasteiger partial charge in [-0.3, -0.25) is 0 Å². The summed E-state index contributed by atoms with van der Waals surface area (Å²) in [7, 11) is 4.55. The Bertz CT molecular complexity index is 1410. The average Bonchev–Trinajstić information content (AvgIpc) is 2.95. The third-order valence-corrected chi connectivity index (χ3v) is 7.09. The van der Waals surface area contributed by atoms with E-state index in [0.717, 1.165) is 4.47 Å². The van der Waals surface area contributed by atoms with Crippen molar-refractivity contribution in [3.8, 4) is 34.1 Å². The lowest BCUT2D eigenvalue weighted by Gasteiger charge is -2.11.